The van der Waals surface area contributed by atoms with Gasteiger partial charge in [0.1, 0.15) is 5.02 Å². The number of nitrogens with zero attached hydrogens (tertiary/aromatic N) is 2. The van der Waals surface area contributed by atoms with E-state index in [0.717, 1.165) is 0 Å². The zero-order chi connectivity index (χ0) is 19.8. The van der Waals surface area contributed by atoms with Crippen LogP contribution in [0.25, 0.3) is 0 Å². The number of carbonyl (C=O) groups is 2. The van der Waals surface area contributed by atoms with Crippen LogP contribution in [0.4, 0.5) is 11.4 Å². The Morgan fingerprint density at radius 1 is 1.07 bits per heavy atom. The van der Waals surface area contributed by atoms with Crippen LogP contribution >= 0.6 is 23.2 Å². The molecule has 2 aromatic rings. The molecule has 0 spiro atoms. The minimum atomic E-state index is -0.615. The van der Waals surface area contributed by atoms with Gasteiger partial charge in [-0.05, 0) is 18.2 Å². The Morgan fingerprint density at radius 3 is 2.48 bits per heavy atom. The molecule has 10 heteroatoms. The van der Waals surface area contributed by atoms with Gasteiger partial charge < -0.3 is 5.32 Å². The molecule has 0 saturated carbocycles. The van der Waals surface area contributed by atoms with Crippen LogP contribution in [0.1, 0.15) is 18.4 Å². The minimum absolute atomic E-state index is 0.00529. The standard InChI is InChI=1S/C17H14Cl2N4O4/c18-12-3-1-2-4-14(12)21-16(24)7-8-17(25)22-20-10-11-5-6-13(19)15(9-11)23(26)27/h1-6,9-10H,7-8H2,(H,21,24)(H,22,25). The Morgan fingerprint density at radius 2 is 1.78 bits per heavy atom. The summed E-state index contributed by atoms with van der Waals surface area (Å²) in [5.41, 5.74) is 2.84. The Balaban J connectivity index is 1.81. The van der Waals surface area contributed by atoms with Gasteiger partial charge in [-0.25, -0.2) is 5.43 Å². The second-order valence-electron chi connectivity index (χ2n) is 5.29. The van der Waals surface area contributed by atoms with Crippen LogP contribution in [0.2, 0.25) is 10.0 Å². The molecule has 0 unspecified atom stereocenters. The number of nitro groups is 1. The van der Waals surface area contributed by atoms with Crippen molar-refractivity contribution in [3.05, 3.63) is 68.2 Å². The molecule has 2 aromatic carbocycles. The summed E-state index contributed by atoms with van der Waals surface area (Å²) < 4.78 is 0. The van der Waals surface area contributed by atoms with Gasteiger partial charge in [0.2, 0.25) is 11.8 Å². The first-order valence-corrected chi connectivity index (χ1v) is 8.42. The van der Waals surface area contributed by atoms with Crippen LogP contribution < -0.4 is 10.7 Å². The monoisotopic (exact) mass is 408 g/mol. The number of carbonyl (C=O) groups excluding carboxylic acids is 2. The van der Waals surface area contributed by atoms with Crippen molar-refractivity contribution in [2.45, 2.75) is 12.8 Å². The van der Waals surface area contributed by atoms with E-state index in [1.54, 1.807) is 24.3 Å². The normalized spacial score (nSPS) is 10.6. The number of rotatable bonds is 7. The van der Waals surface area contributed by atoms with Gasteiger partial charge >= 0.3 is 0 Å². The molecule has 2 amide bonds. The lowest BCUT2D eigenvalue weighted by Gasteiger charge is -2.06. The number of hydrazone groups is 1. The Hall–Kier alpha value is -2.97. The minimum Gasteiger partial charge on any atom is -0.325 e. The van der Waals surface area contributed by atoms with Crippen LogP contribution in [0, 0.1) is 10.1 Å². The van der Waals surface area contributed by atoms with Crippen molar-refractivity contribution in [1.29, 1.82) is 0 Å². The molecule has 0 saturated heterocycles. The van der Waals surface area contributed by atoms with Crippen molar-refractivity contribution in [2.24, 2.45) is 5.10 Å². The van der Waals surface area contributed by atoms with E-state index in [0.29, 0.717) is 16.3 Å². The van der Waals surface area contributed by atoms with Crippen LogP contribution in [0.15, 0.2) is 47.6 Å². The van der Waals surface area contributed by atoms with Gasteiger partial charge in [-0.1, -0.05) is 41.4 Å². The molecule has 0 fully saturated rings. The van der Waals surface area contributed by atoms with Gasteiger partial charge in [-0.15, -0.1) is 0 Å². The second-order valence-corrected chi connectivity index (χ2v) is 6.10. The highest BCUT2D eigenvalue weighted by Gasteiger charge is 2.12. The van der Waals surface area contributed by atoms with Crippen molar-refractivity contribution >= 4 is 52.6 Å². The van der Waals surface area contributed by atoms with E-state index in [-0.39, 0.29) is 29.5 Å². The maximum atomic E-state index is 11.8. The van der Waals surface area contributed by atoms with Crippen LogP contribution in [0.5, 0.6) is 0 Å². The van der Waals surface area contributed by atoms with Gasteiger partial charge in [0.25, 0.3) is 5.69 Å². The Kier molecular flexibility index (Phi) is 7.27. The summed E-state index contributed by atoms with van der Waals surface area (Å²) >= 11 is 11.6. The number of halogens is 2. The van der Waals surface area contributed by atoms with Crippen molar-refractivity contribution in [3.63, 3.8) is 0 Å². The topological polar surface area (TPSA) is 114 Å². The summed E-state index contributed by atoms with van der Waals surface area (Å²) in [4.78, 5) is 33.8. The average Bonchev–Trinajstić information content (AvgIpc) is 2.63. The smallest absolute Gasteiger partial charge is 0.288 e. The summed E-state index contributed by atoms with van der Waals surface area (Å²) in [6.45, 7) is 0. The summed E-state index contributed by atoms with van der Waals surface area (Å²) in [7, 11) is 0. The summed E-state index contributed by atoms with van der Waals surface area (Å²) in [6, 6.07) is 10.9. The second kappa shape index (κ2) is 9.65. The SMILES string of the molecule is O=C(CCC(=O)Nc1ccccc1Cl)NN=Cc1ccc(Cl)c([N+](=O)[O-])c1. The Labute approximate surface area is 164 Å². The number of nitro benzene ring substituents is 1. The van der Waals surface area contributed by atoms with E-state index >= 15 is 0 Å². The number of amides is 2. The van der Waals surface area contributed by atoms with Gasteiger partial charge in [0, 0.05) is 24.5 Å². The maximum Gasteiger partial charge on any atom is 0.288 e. The molecule has 2 N–H and O–H groups in total. The third-order valence-electron chi connectivity index (χ3n) is 3.30. The molecule has 0 aliphatic carbocycles. The number of hydrogen-bond donors (Lipinski definition) is 2. The van der Waals surface area contributed by atoms with Crippen molar-refractivity contribution < 1.29 is 14.5 Å². The number of nitrogens with one attached hydrogen (secondary N) is 2. The zero-order valence-corrected chi connectivity index (χ0v) is 15.3. The molecule has 0 heterocycles. The molecular weight excluding hydrogens is 395 g/mol. The summed E-state index contributed by atoms with van der Waals surface area (Å²) in [5, 5.41) is 17.5. The lowest BCUT2D eigenvalue weighted by Crippen LogP contribution is -2.20. The molecule has 0 aromatic heterocycles. The fraction of sp³-hybridized carbons (Fsp3) is 0.118. The number of anilines is 1. The van der Waals surface area contributed by atoms with E-state index in [4.69, 9.17) is 23.2 Å². The summed E-state index contributed by atoms with van der Waals surface area (Å²) in [5.74, 6) is -0.848. The molecule has 8 nitrogen and oxygen atoms in total. The lowest BCUT2D eigenvalue weighted by atomic mass is 10.2. The molecule has 0 aliphatic heterocycles. The average molecular weight is 409 g/mol. The van der Waals surface area contributed by atoms with Crippen molar-refractivity contribution in [1.82, 2.24) is 5.43 Å². The predicted octanol–water partition coefficient (Wildman–Crippen LogP) is 3.77. The fourth-order valence-electron chi connectivity index (χ4n) is 1.99. The van der Waals surface area contributed by atoms with E-state index in [2.05, 4.69) is 15.8 Å². The fourth-order valence-corrected chi connectivity index (χ4v) is 2.36. The van der Waals surface area contributed by atoms with Crippen molar-refractivity contribution in [2.75, 3.05) is 5.32 Å². The largest absolute Gasteiger partial charge is 0.325 e. The molecule has 0 radical (unpaired) electrons. The van der Waals surface area contributed by atoms with E-state index < -0.39 is 10.8 Å². The molecule has 27 heavy (non-hydrogen) atoms. The molecule has 0 atom stereocenters. The third-order valence-corrected chi connectivity index (χ3v) is 3.95. The van der Waals surface area contributed by atoms with Crippen molar-refractivity contribution in [3.8, 4) is 0 Å². The number of hydrogen-bond acceptors (Lipinski definition) is 5. The number of benzene rings is 2. The first-order valence-electron chi connectivity index (χ1n) is 7.67. The third kappa shape index (κ3) is 6.36. The van der Waals surface area contributed by atoms with Gasteiger partial charge in [-0.2, -0.15) is 5.10 Å². The van der Waals surface area contributed by atoms with E-state index in [1.807, 2.05) is 0 Å². The number of para-hydroxylation sites is 1. The predicted molar refractivity (Wildman–Crippen MR) is 103 cm³/mol. The molecule has 2 rings (SSSR count). The lowest BCUT2D eigenvalue weighted by molar-refractivity contribution is -0.384. The van der Waals surface area contributed by atoms with Gasteiger partial charge in [0.15, 0.2) is 0 Å². The highest BCUT2D eigenvalue weighted by Crippen LogP contribution is 2.24. The van der Waals surface area contributed by atoms with Gasteiger partial charge in [0.05, 0.1) is 21.8 Å². The van der Waals surface area contributed by atoms with E-state index in [1.165, 1.54) is 24.4 Å². The Bertz CT molecular complexity index is 902. The summed E-state index contributed by atoms with van der Waals surface area (Å²) in [6.07, 6.45) is 1.10. The highest BCUT2D eigenvalue weighted by atomic mass is 35.5. The molecule has 140 valence electrons. The zero-order valence-electron chi connectivity index (χ0n) is 13.8. The molecule has 0 bridgehead atoms. The van der Waals surface area contributed by atoms with Crippen LogP contribution in [0.3, 0.4) is 0 Å². The molecular formula is C17H14Cl2N4O4. The first-order chi connectivity index (χ1) is 12.9. The quantitative estimate of drug-likeness (QED) is 0.412. The van der Waals surface area contributed by atoms with Gasteiger partial charge in [-0.3, -0.25) is 19.7 Å². The maximum absolute atomic E-state index is 11.8. The van der Waals surface area contributed by atoms with Crippen LogP contribution in [-0.2, 0) is 9.59 Å². The highest BCUT2D eigenvalue weighted by molar-refractivity contribution is 6.33. The first kappa shape index (κ1) is 20.3. The van der Waals surface area contributed by atoms with Crippen LogP contribution in [-0.4, -0.2) is 23.0 Å². The molecule has 0 aliphatic rings. The van der Waals surface area contributed by atoms with E-state index in [9.17, 15) is 19.7 Å².